The van der Waals surface area contributed by atoms with Crippen LogP contribution < -0.4 is 10.0 Å². The highest BCUT2D eigenvalue weighted by molar-refractivity contribution is 7.89. The van der Waals surface area contributed by atoms with Gasteiger partial charge in [0, 0.05) is 5.69 Å². The molecule has 0 aliphatic rings. The molecule has 0 aliphatic carbocycles. The summed E-state index contributed by atoms with van der Waals surface area (Å²) in [5.41, 5.74) is 0.342. The predicted octanol–water partition coefficient (Wildman–Crippen LogP) is 1.66. The Morgan fingerprint density at radius 3 is 2.47 bits per heavy atom. The van der Waals surface area contributed by atoms with E-state index < -0.39 is 22.5 Å². The second kappa shape index (κ2) is 5.42. The lowest BCUT2D eigenvalue weighted by atomic mass is 10.3. The first-order valence-electron chi connectivity index (χ1n) is 4.95. The zero-order valence-electron chi connectivity index (χ0n) is 9.44. The zero-order valence-corrected chi connectivity index (χ0v) is 10.3. The highest BCUT2D eigenvalue weighted by atomic mass is 32.2. The lowest BCUT2D eigenvalue weighted by molar-refractivity contribution is 0.130. The number of halogens is 2. The first-order valence-corrected chi connectivity index (χ1v) is 6.43. The van der Waals surface area contributed by atoms with Crippen molar-refractivity contribution in [2.75, 3.05) is 12.4 Å². The van der Waals surface area contributed by atoms with Gasteiger partial charge in [-0.3, -0.25) is 0 Å². The van der Waals surface area contributed by atoms with E-state index in [1.54, 1.807) is 0 Å². The Bertz CT molecular complexity index is 477. The van der Waals surface area contributed by atoms with Crippen molar-refractivity contribution >= 4 is 15.7 Å². The van der Waals surface area contributed by atoms with Gasteiger partial charge in [-0.2, -0.15) is 0 Å². The van der Waals surface area contributed by atoms with Crippen molar-refractivity contribution < 1.29 is 17.2 Å². The number of hydrogen-bond donors (Lipinski definition) is 2. The molecule has 2 N–H and O–H groups in total. The van der Waals surface area contributed by atoms with Crippen molar-refractivity contribution in [1.82, 2.24) is 4.72 Å². The summed E-state index contributed by atoms with van der Waals surface area (Å²) in [7, 11) is -2.27. The Balaban J connectivity index is 2.95. The second-order valence-corrected chi connectivity index (χ2v) is 5.39. The topological polar surface area (TPSA) is 58.2 Å². The Morgan fingerprint density at radius 1 is 1.29 bits per heavy atom. The number of benzene rings is 1. The fourth-order valence-electron chi connectivity index (χ4n) is 1.20. The molecule has 1 atom stereocenters. The van der Waals surface area contributed by atoms with Crippen molar-refractivity contribution in [3.8, 4) is 0 Å². The Hall–Kier alpha value is -1.21. The summed E-state index contributed by atoms with van der Waals surface area (Å²) in [5.74, 6) is 0. The van der Waals surface area contributed by atoms with Crippen molar-refractivity contribution in [1.29, 1.82) is 0 Å². The first kappa shape index (κ1) is 13.9. The van der Waals surface area contributed by atoms with E-state index in [0.717, 1.165) is 0 Å². The average Bonchev–Trinajstić information content (AvgIpc) is 2.29. The summed E-state index contributed by atoms with van der Waals surface area (Å²) in [5, 5.41) is 2.54. The maximum atomic E-state index is 12.3. The minimum absolute atomic E-state index is 0.0338. The number of rotatable bonds is 5. The van der Waals surface area contributed by atoms with E-state index in [1.807, 2.05) is 0 Å². The lowest BCUT2D eigenvalue weighted by Gasteiger charge is -2.14. The van der Waals surface area contributed by atoms with Crippen LogP contribution in [0.5, 0.6) is 0 Å². The van der Waals surface area contributed by atoms with Crippen molar-refractivity contribution in [3.63, 3.8) is 0 Å². The third kappa shape index (κ3) is 3.64. The number of alkyl halides is 2. The number of sulfonamides is 1. The summed E-state index contributed by atoms with van der Waals surface area (Å²) < 4.78 is 49.8. The molecule has 1 aromatic rings. The minimum atomic E-state index is -3.55. The molecule has 0 saturated heterocycles. The van der Waals surface area contributed by atoms with Gasteiger partial charge >= 0.3 is 0 Å². The summed E-state index contributed by atoms with van der Waals surface area (Å²) in [6, 6.07) is 4.69. The maximum absolute atomic E-state index is 12.3. The van der Waals surface area contributed by atoms with Crippen LogP contribution in [0.2, 0.25) is 0 Å². The Kier molecular flexibility index (Phi) is 4.41. The molecule has 96 valence electrons. The van der Waals surface area contributed by atoms with Crippen LogP contribution in [-0.4, -0.2) is 27.9 Å². The summed E-state index contributed by atoms with van der Waals surface area (Å²) >= 11 is 0. The average molecular weight is 264 g/mol. The van der Waals surface area contributed by atoms with Crippen LogP contribution in [-0.2, 0) is 10.0 Å². The minimum Gasteiger partial charge on any atom is -0.377 e. The van der Waals surface area contributed by atoms with E-state index >= 15 is 0 Å². The third-order valence-electron chi connectivity index (χ3n) is 2.19. The molecule has 1 aromatic carbocycles. The molecular weight excluding hydrogens is 250 g/mol. The molecule has 0 bridgehead atoms. The molecule has 0 aromatic heterocycles. The molecule has 1 unspecified atom stereocenters. The summed E-state index contributed by atoms with van der Waals surface area (Å²) in [4.78, 5) is 0.0338. The smallest absolute Gasteiger partial charge is 0.258 e. The predicted molar refractivity (Wildman–Crippen MR) is 61.8 cm³/mol. The van der Waals surface area contributed by atoms with Crippen molar-refractivity contribution in [2.24, 2.45) is 0 Å². The number of anilines is 1. The van der Waals surface area contributed by atoms with Crippen molar-refractivity contribution in [3.05, 3.63) is 24.3 Å². The molecule has 0 fully saturated rings. The molecule has 1 rings (SSSR count). The van der Waals surface area contributed by atoms with Gasteiger partial charge in [0.25, 0.3) is 6.43 Å². The fourth-order valence-corrected chi connectivity index (χ4v) is 1.97. The maximum Gasteiger partial charge on any atom is 0.258 e. The van der Waals surface area contributed by atoms with E-state index in [2.05, 4.69) is 10.0 Å². The fraction of sp³-hybridized carbons (Fsp3) is 0.400. The molecule has 4 nitrogen and oxygen atoms in total. The Morgan fingerprint density at radius 2 is 1.94 bits per heavy atom. The quantitative estimate of drug-likeness (QED) is 0.850. The monoisotopic (exact) mass is 264 g/mol. The van der Waals surface area contributed by atoms with Gasteiger partial charge in [0.15, 0.2) is 0 Å². The van der Waals surface area contributed by atoms with Gasteiger partial charge in [-0.05, 0) is 32.2 Å². The summed E-state index contributed by atoms with van der Waals surface area (Å²) in [6.45, 7) is 1.32. The summed E-state index contributed by atoms with van der Waals surface area (Å²) in [6.07, 6.45) is -2.51. The van der Waals surface area contributed by atoms with E-state index in [4.69, 9.17) is 0 Å². The van der Waals surface area contributed by atoms with Gasteiger partial charge in [0.05, 0.1) is 10.9 Å². The van der Waals surface area contributed by atoms with Crippen LogP contribution >= 0.6 is 0 Å². The van der Waals surface area contributed by atoms with Gasteiger partial charge in [-0.1, -0.05) is 6.07 Å². The normalized spacial score (nSPS) is 13.7. The van der Waals surface area contributed by atoms with Gasteiger partial charge in [-0.15, -0.1) is 0 Å². The largest absolute Gasteiger partial charge is 0.377 e. The molecule has 7 heteroatoms. The SMILES string of the molecule is CNS(=O)(=O)c1cccc(NC(C)C(F)F)c1. The van der Waals surface area contributed by atoms with Gasteiger partial charge in [-0.25, -0.2) is 21.9 Å². The molecule has 17 heavy (non-hydrogen) atoms. The Labute approximate surface area is 99.1 Å². The first-order chi connectivity index (χ1) is 7.86. The van der Waals surface area contributed by atoms with Crippen LogP contribution in [0.25, 0.3) is 0 Å². The van der Waals surface area contributed by atoms with Crippen LogP contribution in [0.3, 0.4) is 0 Å². The molecule has 0 amide bonds. The molecular formula is C10H14F2N2O2S. The van der Waals surface area contributed by atoms with Crippen LogP contribution in [0.15, 0.2) is 29.2 Å². The number of nitrogens with one attached hydrogen (secondary N) is 2. The highest BCUT2D eigenvalue weighted by Crippen LogP contribution is 2.17. The zero-order chi connectivity index (χ0) is 13.1. The standard InChI is InChI=1S/C10H14F2N2O2S/c1-7(10(11)12)14-8-4-3-5-9(6-8)17(15,16)13-2/h3-7,10,13-14H,1-2H3. The molecule has 0 spiro atoms. The van der Waals surface area contributed by atoms with E-state index in [1.165, 1.54) is 38.2 Å². The van der Waals surface area contributed by atoms with Crippen LogP contribution in [0.1, 0.15) is 6.92 Å². The molecule has 0 radical (unpaired) electrons. The van der Waals surface area contributed by atoms with E-state index in [0.29, 0.717) is 5.69 Å². The van der Waals surface area contributed by atoms with E-state index in [-0.39, 0.29) is 4.90 Å². The lowest BCUT2D eigenvalue weighted by Crippen LogP contribution is -2.24. The van der Waals surface area contributed by atoms with E-state index in [9.17, 15) is 17.2 Å². The van der Waals surface area contributed by atoms with Gasteiger partial charge in [0.1, 0.15) is 0 Å². The highest BCUT2D eigenvalue weighted by Gasteiger charge is 2.16. The molecule has 0 aliphatic heterocycles. The number of hydrogen-bond acceptors (Lipinski definition) is 3. The van der Waals surface area contributed by atoms with Gasteiger partial charge < -0.3 is 5.32 Å². The third-order valence-corrected chi connectivity index (χ3v) is 3.60. The molecule has 0 saturated carbocycles. The van der Waals surface area contributed by atoms with Gasteiger partial charge in [0.2, 0.25) is 10.0 Å². The molecule has 0 heterocycles. The second-order valence-electron chi connectivity index (χ2n) is 3.50. The van der Waals surface area contributed by atoms with Crippen LogP contribution in [0.4, 0.5) is 14.5 Å². The van der Waals surface area contributed by atoms with Crippen molar-refractivity contribution in [2.45, 2.75) is 24.3 Å². The van der Waals surface area contributed by atoms with Crippen LogP contribution in [0, 0.1) is 0 Å².